The van der Waals surface area contributed by atoms with E-state index in [0.29, 0.717) is 21.6 Å². The maximum absolute atomic E-state index is 12.0. The van der Waals surface area contributed by atoms with Gasteiger partial charge in [0.05, 0.1) is 5.75 Å². The second-order valence-electron chi connectivity index (χ2n) is 5.69. The van der Waals surface area contributed by atoms with Gasteiger partial charge in [-0.2, -0.15) is 0 Å². The minimum Gasteiger partial charge on any atom is -0.353 e. The molecule has 2 nitrogen and oxygen atoms in total. The molecule has 2 aromatic rings. The Balaban J connectivity index is 1.69. The van der Waals surface area contributed by atoms with Crippen LogP contribution in [0, 0.1) is 0 Å². The summed E-state index contributed by atoms with van der Waals surface area (Å²) < 4.78 is 0. The van der Waals surface area contributed by atoms with Crippen molar-refractivity contribution in [3.63, 3.8) is 0 Å². The van der Waals surface area contributed by atoms with Gasteiger partial charge in [0.25, 0.3) is 0 Å². The Morgan fingerprint density at radius 1 is 1.08 bits per heavy atom. The predicted octanol–water partition coefficient (Wildman–Crippen LogP) is 5.36. The van der Waals surface area contributed by atoms with Gasteiger partial charge in [-0.1, -0.05) is 59.6 Å². The highest BCUT2D eigenvalue weighted by molar-refractivity contribution is 7.99. The molecule has 0 aliphatic carbocycles. The molecule has 0 aromatic heterocycles. The summed E-state index contributed by atoms with van der Waals surface area (Å²) in [4.78, 5) is 12.0. The topological polar surface area (TPSA) is 29.1 Å². The second kappa shape index (κ2) is 9.97. The number of benzene rings is 2. The van der Waals surface area contributed by atoms with Crippen LogP contribution in [0.25, 0.3) is 0 Å². The zero-order chi connectivity index (χ0) is 17.4. The Morgan fingerprint density at radius 2 is 1.75 bits per heavy atom. The van der Waals surface area contributed by atoms with Crippen molar-refractivity contribution < 1.29 is 4.79 Å². The van der Waals surface area contributed by atoms with E-state index in [2.05, 4.69) is 17.4 Å². The van der Waals surface area contributed by atoms with E-state index in [1.807, 2.05) is 43.3 Å². The fourth-order valence-electron chi connectivity index (χ4n) is 2.33. The van der Waals surface area contributed by atoms with Crippen molar-refractivity contribution in [3.05, 3.63) is 69.7 Å². The molecule has 0 heterocycles. The van der Waals surface area contributed by atoms with E-state index in [0.717, 1.165) is 18.4 Å². The number of carbonyl (C=O) groups is 1. The molecule has 0 unspecified atom stereocenters. The van der Waals surface area contributed by atoms with E-state index in [1.54, 1.807) is 0 Å². The third-order valence-corrected chi connectivity index (χ3v) is 5.32. The molecule has 0 saturated carbocycles. The van der Waals surface area contributed by atoms with Crippen LogP contribution in [-0.4, -0.2) is 17.7 Å². The van der Waals surface area contributed by atoms with E-state index >= 15 is 0 Å². The monoisotopic (exact) mass is 381 g/mol. The number of amides is 1. The fourth-order valence-corrected chi connectivity index (χ4v) is 3.91. The molecule has 24 heavy (non-hydrogen) atoms. The Bertz CT molecular complexity index is 643. The van der Waals surface area contributed by atoms with Crippen molar-refractivity contribution in [2.45, 2.75) is 31.6 Å². The number of carbonyl (C=O) groups excluding carboxylic acids is 1. The molecule has 2 rings (SSSR count). The van der Waals surface area contributed by atoms with Gasteiger partial charge in [0.15, 0.2) is 0 Å². The molecule has 0 spiro atoms. The average molecular weight is 382 g/mol. The molecule has 5 heteroatoms. The SMILES string of the molecule is C[C@@H](CCc1ccccc1)NC(=O)CSCc1c(Cl)cccc1Cl. The molecule has 0 bridgehead atoms. The second-order valence-corrected chi connectivity index (χ2v) is 7.49. The van der Waals surface area contributed by atoms with E-state index in [1.165, 1.54) is 17.3 Å². The summed E-state index contributed by atoms with van der Waals surface area (Å²) in [5, 5.41) is 4.33. The first kappa shape index (κ1) is 19.2. The van der Waals surface area contributed by atoms with Crippen molar-refractivity contribution >= 4 is 40.9 Å². The Kier molecular flexibility index (Phi) is 7.97. The number of rotatable bonds is 8. The molecule has 128 valence electrons. The molecule has 0 radical (unpaired) electrons. The van der Waals surface area contributed by atoms with Crippen LogP contribution in [0.4, 0.5) is 0 Å². The number of halogens is 2. The number of nitrogens with one attached hydrogen (secondary N) is 1. The fraction of sp³-hybridized carbons (Fsp3) is 0.316. The average Bonchev–Trinajstić information content (AvgIpc) is 2.56. The van der Waals surface area contributed by atoms with Gasteiger partial charge in [-0.3, -0.25) is 4.79 Å². The van der Waals surface area contributed by atoms with Crippen LogP contribution in [0.5, 0.6) is 0 Å². The lowest BCUT2D eigenvalue weighted by atomic mass is 10.1. The van der Waals surface area contributed by atoms with E-state index in [-0.39, 0.29) is 11.9 Å². The number of aryl methyl sites for hydroxylation is 1. The third-order valence-electron chi connectivity index (χ3n) is 3.66. The van der Waals surface area contributed by atoms with E-state index in [4.69, 9.17) is 23.2 Å². The molecule has 1 N–H and O–H groups in total. The lowest BCUT2D eigenvalue weighted by Crippen LogP contribution is -2.34. The van der Waals surface area contributed by atoms with Crippen molar-refractivity contribution in [3.8, 4) is 0 Å². The van der Waals surface area contributed by atoms with Crippen LogP contribution >= 0.6 is 35.0 Å². The smallest absolute Gasteiger partial charge is 0.230 e. The number of thioether (sulfide) groups is 1. The van der Waals surface area contributed by atoms with Gasteiger partial charge in [0, 0.05) is 21.8 Å². The van der Waals surface area contributed by atoms with Gasteiger partial charge < -0.3 is 5.32 Å². The highest BCUT2D eigenvalue weighted by atomic mass is 35.5. The van der Waals surface area contributed by atoms with Gasteiger partial charge in [0.2, 0.25) is 5.91 Å². The van der Waals surface area contributed by atoms with Crippen LogP contribution in [0.1, 0.15) is 24.5 Å². The summed E-state index contributed by atoms with van der Waals surface area (Å²) in [6.07, 6.45) is 1.89. The van der Waals surface area contributed by atoms with Crippen molar-refractivity contribution in [1.82, 2.24) is 5.32 Å². The molecule has 0 saturated heterocycles. The maximum Gasteiger partial charge on any atom is 0.230 e. The normalized spacial score (nSPS) is 12.0. The summed E-state index contributed by atoms with van der Waals surface area (Å²) in [5.41, 5.74) is 2.18. The molecule has 2 aromatic carbocycles. The van der Waals surface area contributed by atoms with E-state index in [9.17, 15) is 4.79 Å². The minimum atomic E-state index is 0.0451. The molecule has 0 aliphatic heterocycles. The predicted molar refractivity (Wildman–Crippen MR) is 105 cm³/mol. The van der Waals surface area contributed by atoms with Gasteiger partial charge in [-0.15, -0.1) is 11.8 Å². The number of hydrogen-bond donors (Lipinski definition) is 1. The largest absolute Gasteiger partial charge is 0.353 e. The Hall–Kier alpha value is -1.16. The standard InChI is InChI=1S/C19H21Cl2NOS/c1-14(10-11-15-6-3-2-4-7-15)22-19(23)13-24-12-16-17(20)8-5-9-18(16)21/h2-9,14H,10-13H2,1H3,(H,22,23)/t14-/m0/s1. The van der Waals surface area contributed by atoms with Crippen LogP contribution in [0.2, 0.25) is 10.0 Å². The van der Waals surface area contributed by atoms with Crippen molar-refractivity contribution in [2.24, 2.45) is 0 Å². The quantitative estimate of drug-likeness (QED) is 0.666. The van der Waals surface area contributed by atoms with Gasteiger partial charge >= 0.3 is 0 Å². The highest BCUT2D eigenvalue weighted by Crippen LogP contribution is 2.28. The van der Waals surface area contributed by atoms with Crippen LogP contribution < -0.4 is 5.32 Å². The Labute approximate surface area is 157 Å². The van der Waals surface area contributed by atoms with Crippen LogP contribution in [0.15, 0.2) is 48.5 Å². The molecule has 0 aliphatic rings. The molecular weight excluding hydrogens is 361 g/mol. The molecule has 1 amide bonds. The van der Waals surface area contributed by atoms with Crippen LogP contribution in [-0.2, 0) is 17.0 Å². The summed E-state index contributed by atoms with van der Waals surface area (Å²) in [5.74, 6) is 1.07. The zero-order valence-electron chi connectivity index (χ0n) is 13.6. The first-order valence-electron chi connectivity index (χ1n) is 7.90. The minimum absolute atomic E-state index is 0.0451. The molecular formula is C19H21Cl2NOS. The summed E-state index contributed by atoms with van der Waals surface area (Å²) >= 11 is 13.8. The first-order valence-corrected chi connectivity index (χ1v) is 9.81. The van der Waals surface area contributed by atoms with Gasteiger partial charge in [-0.05, 0) is 43.0 Å². The third kappa shape index (κ3) is 6.39. The summed E-state index contributed by atoms with van der Waals surface area (Å²) in [6, 6.07) is 15.9. The van der Waals surface area contributed by atoms with Gasteiger partial charge in [-0.25, -0.2) is 0 Å². The maximum atomic E-state index is 12.0. The Morgan fingerprint density at radius 3 is 2.42 bits per heavy atom. The molecule has 1 atom stereocenters. The molecule has 0 fully saturated rings. The van der Waals surface area contributed by atoms with Gasteiger partial charge in [0.1, 0.15) is 0 Å². The summed E-state index contributed by atoms with van der Waals surface area (Å²) in [7, 11) is 0. The van der Waals surface area contributed by atoms with Crippen LogP contribution in [0.3, 0.4) is 0 Å². The van der Waals surface area contributed by atoms with Crippen molar-refractivity contribution in [2.75, 3.05) is 5.75 Å². The number of hydrogen-bond acceptors (Lipinski definition) is 2. The van der Waals surface area contributed by atoms with E-state index < -0.39 is 0 Å². The zero-order valence-corrected chi connectivity index (χ0v) is 15.9. The lowest BCUT2D eigenvalue weighted by Gasteiger charge is -2.14. The van der Waals surface area contributed by atoms with Crippen molar-refractivity contribution in [1.29, 1.82) is 0 Å². The summed E-state index contributed by atoms with van der Waals surface area (Å²) in [6.45, 7) is 2.04. The lowest BCUT2D eigenvalue weighted by molar-refractivity contribution is -0.119. The first-order chi connectivity index (χ1) is 11.6. The highest BCUT2D eigenvalue weighted by Gasteiger charge is 2.10.